The Bertz CT molecular complexity index is 541. The number of carbonyl (C=O) groups excluding carboxylic acids is 1. The van der Waals surface area contributed by atoms with Gasteiger partial charge in [-0.15, -0.1) is 5.10 Å². The number of allylic oxidation sites excluding steroid dienone is 3. The first-order valence-corrected chi connectivity index (χ1v) is 5.90. The van der Waals surface area contributed by atoms with Crippen molar-refractivity contribution in [1.82, 2.24) is 15.0 Å². The lowest BCUT2D eigenvalue weighted by Gasteiger charge is -2.02. The van der Waals surface area contributed by atoms with Crippen molar-refractivity contribution in [2.75, 3.05) is 6.61 Å². The van der Waals surface area contributed by atoms with Gasteiger partial charge in [-0.3, -0.25) is 0 Å². The molecule has 0 aliphatic heterocycles. The summed E-state index contributed by atoms with van der Waals surface area (Å²) in [5.41, 5.74) is 2.43. The lowest BCUT2D eigenvalue weighted by molar-refractivity contribution is -0.137. The molecule has 0 amide bonds. The van der Waals surface area contributed by atoms with Gasteiger partial charge in [0.25, 0.3) is 0 Å². The zero-order valence-electron chi connectivity index (χ0n) is 11.7. The molecule has 0 radical (unpaired) electrons. The molecule has 102 valence electrons. The quantitative estimate of drug-likeness (QED) is 0.352. The van der Waals surface area contributed by atoms with Gasteiger partial charge in [0.2, 0.25) is 0 Å². The van der Waals surface area contributed by atoms with Crippen LogP contribution in [0.3, 0.4) is 0 Å². The van der Waals surface area contributed by atoms with E-state index >= 15 is 0 Å². The molecule has 6 nitrogen and oxygen atoms in total. The predicted octanol–water partition coefficient (Wildman–Crippen LogP) is 2.06. The van der Waals surface area contributed by atoms with Gasteiger partial charge in [0, 0.05) is 13.1 Å². The van der Waals surface area contributed by atoms with Gasteiger partial charge >= 0.3 is 5.97 Å². The van der Waals surface area contributed by atoms with E-state index < -0.39 is 0 Å². The molecule has 19 heavy (non-hydrogen) atoms. The van der Waals surface area contributed by atoms with Gasteiger partial charge < -0.3 is 4.74 Å². The summed E-state index contributed by atoms with van der Waals surface area (Å²) in [5, 5.41) is 7.94. The minimum Gasteiger partial charge on any atom is -0.463 e. The Balaban J connectivity index is 3.01. The van der Waals surface area contributed by atoms with E-state index in [0.717, 1.165) is 11.1 Å². The van der Waals surface area contributed by atoms with Crippen molar-refractivity contribution in [1.29, 1.82) is 0 Å². The molecule has 0 N–H and O–H groups in total. The number of aryl methyl sites for hydroxylation is 1. The fourth-order valence-electron chi connectivity index (χ4n) is 1.47. The SMILES string of the molecule is C=Nc1c(C(C)=C(C)C=CC(=O)OCC)nnn1C. The van der Waals surface area contributed by atoms with Crippen molar-refractivity contribution in [3.63, 3.8) is 0 Å². The third kappa shape index (κ3) is 3.61. The van der Waals surface area contributed by atoms with Gasteiger partial charge in [-0.25, -0.2) is 14.5 Å². The van der Waals surface area contributed by atoms with Crippen molar-refractivity contribution < 1.29 is 9.53 Å². The van der Waals surface area contributed by atoms with E-state index in [2.05, 4.69) is 22.0 Å². The fraction of sp³-hybridized carbons (Fsp3) is 0.385. The van der Waals surface area contributed by atoms with Crippen LogP contribution < -0.4 is 0 Å². The van der Waals surface area contributed by atoms with E-state index in [1.54, 1.807) is 24.7 Å². The Morgan fingerprint density at radius 1 is 1.47 bits per heavy atom. The summed E-state index contributed by atoms with van der Waals surface area (Å²) < 4.78 is 6.37. The average Bonchev–Trinajstić information content (AvgIpc) is 2.76. The number of hydrogen-bond acceptors (Lipinski definition) is 5. The number of hydrogen-bond donors (Lipinski definition) is 0. The second-order valence-electron chi connectivity index (χ2n) is 3.94. The Hall–Kier alpha value is -2.24. The molecular formula is C13H18N4O2. The molecule has 0 aromatic carbocycles. The highest BCUT2D eigenvalue weighted by molar-refractivity contribution is 5.83. The first-order chi connectivity index (χ1) is 9.01. The molecule has 0 saturated heterocycles. The molecule has 0 fully saturated rings. The van der Waals surface area contributed by atoms with Crippen LogP contribution in [0, 0.1) is 0 Å². The summed E-state index contributed by atoms with van der Waals surface area (Å²) in [6, 6.07) is 0. The maximum absolute atomic E-state index is 11.2. The van der Waals surface area contributed by atoms with Crippen molar-refractivity contribution in [2.24, 2.45) is 12.0 Å². The van der Waals surface area contributed by atoms with Crippen LogP contribution in [0.25, 0.3) is 5.57 Å². The molecular weight excluding hydrogens is 244 g/mol. The van der Waals surface area contributed by atoms with Crippen molar-refractivity contribution in [3.05, 3.63) is 23.4 Å². The number of rotatable bonds is 5. The molecule has 1 rings (SSSR count). The van der Waals surface area contributed by atoms with Gasteiger partial charge in [0.1, 0.15) is 5.69 Å². The Labute approximate surface area is 112 Å². The van der Waals surface area contributed by atoms with Gasteiger partial charge in [-0.1, -0.05) is 11.3 Å². The molecule has 0 bridgehead atoms. The normalized spacial score (nSPS) is 12.4. The Morgan fingerprint density at radius 2 is 2.16 bits per heavy atom. The molecule has 0 aliphatic rings. The summed E-state index contributed by atoms with van der Waals surface area (Å²) in [6.45, 7) is 9.40. The van der Waals surface area contributed by atoms with Crippen LogP contribution in [-0.4, -0.2) is 34.3 Å². The Morgan fingerprint density at radius 3 is 2.74 bits per heavy atom. The molecule has 1 aromatic rings. The minimum absolute atomic E-state index is 0.361. The topological polar surface area (TPSA) is 69.4 Å². The van der Waals surface area contributed by atoms with E-state index in [4.69, 9.17) is 4.74 Å². The highest BCUT2D eigenvalue weighted by Crippen LogP contribution is 2.25. The first-order valence-electron chi connectivity index (χ1n) is 5.90. The minimum atomic E-state index is -0.365. The van der Waals surface area contributed by atoms with Gasteiger partial charge in [-0.2, -0.15) is 0 Å². The maximum atomic E-state index is 11.2. The van der Waals surface area contributed by atoms with E-state index in [1.807, 2.05) is 13.8 Å². The summed E-state index contributed by atoms with van der Waals surface area (Å²) in [7, 11) is 1.75. The third-order valence-corrected chi connectivity index (χ3v) is 2.65. The lowest BCUT2D eigenvalue weighted by Crippen LogP contribution is -1.99. The second kappa shape index (κ2) is 6.63. The predicted molar refractivity (Wildman–Crippen MR) is 74.3 cm³/mol. The first kappa shape index (κ1) is 14.8. The lowest BCUT2D eigenvalue weighted by atomic mass is 10.1. The number of ether oxygens (including phenoxy) is 1. The molecule has 0 atom stereocenters. The third-order valence-electron chi connectivity index (χ3n) is 2.65. The van der Waals surface area contributed by atoms with E-state index in [9.17, 15) is 4.79 Å². The van der Waals surface area contributed by atoms with Crippen LogP contribution in [0.1, 0.15) is 26.5 Å². The maximum Gasteiger partial charge on any atom is 0.330 e. The highest BCUT2D eigenvalue weighted by atomic mass is 16.5. The number of carbonyl (C=O) groups is 1. The number of nitrogens with zero attached hydrogens (tertiary/aromatic N) is 4. The molecule has 0 aliphatic carbocycles. The number of aromatic nitrogens is 3. The molecule has 0 unspecified atom stereocenters. The number of esters is 1. The average molecular weight is 262 g/mol. The van der Waals surface area contributed by atoms with E-state index in [0.29, 0.717) is 18.1 Å². The molecule has 1 heterocycles. The van der Waals surface area contributed by atoms with Crippen LogP contribution in [-0.2, 0) is 16.6 Å². The van der Waals surface area contributed by atoms with Crippen LogP contribution in [0.4, 0.5) is 5.82 Å². The van der Waals surface area contributed by atoms with Crippen LogP contribution in [0.2, 0.25) is 0 Å². The van der Waals surface area contributed by atoms with E-state index in [1.165, 1.54) is 6.08 Å². The largest absolute Gasteiger partial charge is 0.463 e. The number of aliphatic imine (C=N–C) groups is 1. The molecule has 0 spiro atoms. The standard InChI is InChI=1S/C13H18N4O2/c1-6-19-11(18)8-7-9(2)10(3)12-13(14-4)17(5)16-15-12/h7-8H,4,6H2,1-3,5H3. The molecule has 1 aromatic heterocycles. The van der Waals surface area contributed by atoms with Crippen molar-refractivity contribution in [3.8, 4) is 0 Å². The monoisotopic (exact) mass is 262 g/mol. The molecule has 6 heteroatoms. The van der Waals surface area contributed by atoms with Gasteiger partial charge in [-0.05, 0) is 38.6 Å². The van der Waals surface area contributed by atoms with Crippen molar-refractivity contribution >= 4 is 24.1 Å². The van der Waals surface area contributed by atoms with Crippen LogP contribution in [0.5, 0.6) is 0 Å². The van der Waals surface area contributed by atoms with E-state index in [-0.39, 0.29) is 5.97 Å². The van der Waals surface area contributed by atoms with Crippen LogP contribution in [0.15, 0.2) is 22.7 Å². The zero-order valence-corrected chi connectivity index (χ0v) is 11.7. The highest BCUT2D eigenvalue weighted by Gasteiger charge is 2.11. The summed E-state index contributed by atoms with van der Waals surface area (Å²) in [5.74, 6) is 0.234. The summed E-state index contributed by atoms with van der Waals surface area (Å²) in [4.78, 5) is 15.1. The molecule has 0 saturated carbocycles. The zero-order chi connectivity index (χ0) is 14.4. The summed E-state index contributed by atoms with van der Waals surface area (Å²) in [6.07, 6.45) is 3.08. The second-order valence-corrected chi connectivity index (χ2v) is 3.94. The van der Waals surface area contributed by atoms with Gasteiger partial charge in [0.15, 0.2) is 5.82 Å². The Kier molecular flexibility index (Phi) is 5.17. The fourth-order valence-corrected chi connectivity index (χ4v) is 1.47. The van der Waals surface area contributed by atoms with Gasteiger partial charge in [0.05, 0.1) is 6.61 Å². The van der Waals surface area contributed by atoms with Crippen molar-refractivity contribution in [2.45, 2.75) is 20.8 Å². The smallest absolute Gasteiger partial charge is 0.330 e. The summed E-state index contributed by atoms with van der Waals surface area (Å²) >= 11 is 0. The van der Waals surface area contributed by atoms with Crippen LogP contribution >= 0.6 is 0 Å².